The number of amides is 2. The van der Waals surface area contributed by atoms with Crippen LogP contribution in [-0.4, -0.2) is 41.3 Å². The summed E-state index contributed by atoms with van der Waals surface area (Å²) in [5.74, 6) is -1.60. The number of alkyl carbamates (subject to hydrolysis) is 1. The Labute approximate surface area is 200 Å². The molecule has 34 heavy (non-hydrogen) atoms. The molecule has 0 saturated carbocycles. The quantitative estimate of drug-likeness (QED) is 0.471. The van der Waals surface area contributed by atoms with Crippen LogP contribution < -0.4 is 10.6 Å². The zero-order valence-electron chi connectivity index (χ0n) is 20.3. The highest BCUT2D eigenvalue weighted by molar-refractivity contribution is 5.87. The molecule has 0 aromatic heterocycles. The van der Waals surface area contributed by atoms with Gasteiger partial charge in [0.25, 0.3) is 0 Å². The first kappa shape index (κ1) is 25.3. The highest BCUT2D eigenvalue weighted by atomic mass is 16.5. The van der Waals surface area contributed by atoms with Crippen LogP contribution in [0, 0.1) is 5.92 Å². The molecule has 3 N–H and O–H groups in total. The third kappa shape index (κ3) is 5.58. The van der Waals surface area contributed by atoms with Crippen molar-refractivity contribution in [3.8, 4) is 11.1 Å². The first-order valence-electron chi connectivity index (χ1n) is 11.8. The van der Waals surface area contributed by atoms with Gasteiger partial charge in [0.05, 0.1) is 0 Å². The molecule has 0 bridgehead atoms. The van der Waals surface area contributed by atoms with E-state index in [2.05, 4.69) is 34.9 Å². The molecule has 0 radical (unpaired) electrons. The minimum atomic E-state index is -1.34. The highest BCUT2D eigenvalue weighted by Crippen LogP contribution is 2.44. The number of fused-ring (bicyclic) bond motifs is 3. The van der Waals surface area contributed by atoms with E-state index in [1.54, 1.807) is 0 Å². The maximum atomic E-state index is 12.7. The Hall–Kier alpha value is -3.35. The zero-order chi connectivity index (χ0) is 24.9. The van der Waals surface area contributed by atoms with Gasteiger partial charge in [0.2, 0.25) is 5.91 Å². The van der Waals surface area contributed by atoms with E-state index in [0.29, 0.717) is 12.8 Å². The van der Waals surface area contributed by atoms with Gasteiger partial charge in [-0.2, -0.15) is 0 Å². The largest absolute Gasteiger partial charge is 0.480 e. The van der Waals surface area contributed by atoms with Crippen LogP contribution in [-0.2, 0) is 14.3 Å². The topological polar surface area (TPSA) is 105 Å². The molecule has 2 amide bonds. The molecule has 7 heteroatoms. The van der Waals surface area contributed by atoms with Crippen LogP contribution in [0.25, 0.3) is 11.1 Å². The van der Waals surface area contributed by atoms with Gasteiger partial charge in [-0.15, -0.1) is 0 Å². The van der Waals surface area contributed by atoms with Gasteiger partial charge in [-0.05, 0) is 41.5 Å². The Morgan fingerprint density at radius 1 is 1.03 bits per heavy atom. The summed E-state index contributed by atoms with van der Waals surface area (Å²) in [4.78, 5) is 36.9. The summed E-state index contributed by atoms with van der Waals surface area (Å²) in [5, 5.41) is 14.9. The van der Waals surface area contributed by atoms with E-state index in [9.17, 15) is 19.5 Å². The van der Waals surface area contributed by atoms with E-state index in [-0.39, 0.29) is 24.9 Å². The van der Waals surface area contributed by atoms with Gasteiger partial charge in [0.15, 0.2) is 0 Å². The smallest absolute Gasteiger partial charge is 0.407 e. The fraction of sp³-hybridized carbons (Fsp3) is 0.444. The molecule has 1 aliphatic carbocycles. The van der Waals surface area contributed by atoms with Crippen LogP contribution in [0.2, 0.25) is 0 Å². The van der Waals surface area contributed by atoms with Crippen LogP contribution in [0.3, 0.4) is 0 Å². The molecule has 0 saturated heterocycles. The van der Waals surface area contributed by atoms with E-state index in [1.807, 2.05) is 45.0 Å². The van der Waals surface area contributed by atoms with Gasteiger partial charge in [-0.1, -0.05) is 75.7 Å². The van der Waals surface area contributed by atoms with E-state index in [4.69, 9.17) is 4.74 Å². The van der Waals surface area contributed by atoms with Gasteiger partial charge in [0.1, 0.15) is 12.1 Å². The molecule has 1 aliphatic rings. The van der Waals surface area contributed by atoms with Crippen LogP contribution in [0.5, 0.6) is 0 Å². The Bertz CT molecular complexity index is 1010. The predicted molar refractivity (Wildman–Crippen MR) is 131 cm³/mol. The fourth-order valence-electron chi connectivity index (χ4n) is 4.53. The van der Waals surface area contributed by atoms with Crippen LogP contribution in [0.1, 0.15) is 64.0 Å². The number of carbonyl (C=O) groups excluding carboxylic acids is 2. The van der Waals surface area contributed by atoms with Gasteiger partial charge in [0, 0.05) is 18.4 Å². The molecule has 0 heterocycles. The molecule has 0 fully saturated rings. The molecule has 1 unspecified atom stereocenters. The standard InChI is InChI=1S/C27H34N2O5/c1-5-14-27(4,25(31)32)29-24(30)15-23(17(2)3)28-26(33)34-16-22-20-12-8-6-10-18(20)19-11-7-9-13-21(19)22/h6-13,17,22-23H,5,14-16H2,1-4H3,(H,28,33)(H,29,30)(H,31,32)/t23-,27?/m0/s1. The van der Waals surface area contributed by atoms with Gasteiger partial charge >= 0.3 is 12.1 Å². The van der Waals surface area contributed by atoms with E-state index < -0.39 is 29.6 Å². The Morgan fingerprint density at radius 3 is 2.09 bits per heavy atom. The minimum absolute atomic E-state index is 0.0333. The second-order valence-electron chi connectivity index (χ2n) is 9.46. The van der Waals surface area contributed by atoms with E-state index in [0.717, 1.165) is 22.3 Å². The lowest BCUT2D eigenvalue weighted by molar-refractivity contribution is -0.147. The average Bonchev–Trinajstić information content (AvgIpc) is 3.11. The van der Waals surface area contributed by atoms with Crippen LogP contribution >= 0.6 is 0 Å². The van der Waals surface area contributed by atoms with Crippen molar-refractivity contribution in [3.05, 3.63) is 59.7 Å². The lowest BCUT2D eigenvalue weighted by Crippen LogP contribution is -2.53. The number of rotatable bonds is 10. The maximum Gasteiger partial charge on any atom is 0.407 e. The predicted octanol–water partition coefficient (Wildman–Crippen LogP) is 4.70. The Morgan fingerprint density at radius 2 is 1.59 bits per heavy atom. The molecular weight excluding hydrogens is 432 g/mol. The van der Waals surface area contributed by atoms with Crippen molar-refractivity contribution in [2.24, 2.45) is 5.92 Å². The SMILES string of the molecule is CCCC(C)(NC(=O)C[C@H](NC(=O)OCC1c2ccccc2-c2ccccc21)C(C)C)C(=O)O. The molecule has 7 nitrogen and oxygen atoms in total. The Kier molecular flexibility index (Phi) is 7.97. The molecular formula is C27H34N2O5. The first-order valence-corrected chi connectivity index (χ1v) is 11.8. The van der Waals surface area contributed by atoms with Crippen molar-refractivity contribution in [3.63, 3.8) is 0 Å². The summed E-state index contributed by atoms with van der Waals surface area (Å²) < 4.78 is 5.60. The molecule has 2 aromatic rings. The third-order valence-corrected chi connectivity index (χ3v) is 6.49. The van der Waals surface area contributed by atoms with E-state index >= 15 is 0 Å². The number of carboxylic acid groups (broad SMARTS) is 1. The number of hydrogen-bond acceptors (Lipinski definition) is 4. The summed E-state index contributed by atoms with van der Waals surface area (Å²) in [7, 11) is 0. The van der Waals surface area contributed by atoms with Gasteiger partial charge in [-0.25, -0.2) is 9.59 Å². The minimum Gasteiger partial charge on any atom is -0.480 e. The summed E-state index contributed by atoms with van der Waals surface area (Å²) >= 11 is 0. The van der Waals surface area contributed by atoms with Crippen LogP contribution in [0.15, 0.2) is 48.5 Å². The molecule has 0 spiro atoms. The lowest BCUT2D eigenvalue weighted by atomic mass is 9.94. The number of hydrogen-bond donors (Lipinski definition) is 3. The van der Waals surface area contributed by atoms with Crippen molar-refractivity contribution in [1.29, 1.82) is 0 Å². The number of carbonyl (C=O) groups is 3. The second kappa shape index (κ2) is 10.7. The fourth-order valence-corrected chi connectivity index (χ4v) is 4.53. The number of aliphatic carboxylic acids is 1. The number of carboxylic acids is 1. The Balaban J connectivity index is 1.62. The summed E-state index contributed by atoms with van der Waals surface area (Å²) in [6, 6.07) is 15.7. The highest BCUT2D eigenvalue weighted by Gasteiger charge is 2.35. The monoisotopic (exact) mass is 466 g/mol. The van der Waals surface area contributed by atoms with Crippen molar-refractivity contribution >= 4 is 18.0 Å². The van der Waals surface area contributed by atoms with Crippen LogP contribution in [0.4, 0.5) is 4.79 Å². The average molecular weight is 467 g/mol. The third-order valence-electron chi connectivity index (χ3n) is 6.49. The summed E-state index contributed by atoms with van der Waals surface area (Å²) in [5.41, 5.74) is 3.21. The normalized spacial score (nSPS) is 15.1. The number of benzene rings is 2. The first-order chi connectivity index (χ1) is 16.2. The van der Waals surface area contributed by atoms with E-state index in [1.165, 1.54) is 6.92 Å². The summed E-state index contributed by atoms with van der Waals surface area (Å²) in [6.45, 7) is 7.34. The van der Waals surface area contributed by atoms with Crippen molar-refractivity contribution < 1.29 is 24.2 Å². The second-order valence-corrected chi connectivity index (χ2v) is 9.46. The van der Waals surface area contributed by atoms with Gasteiger partial charge < -0.3 is 20.5 Å². The molecule has 2 atom stereocenters. The molecule has 2 aromatic carbocycles. The maximum absolute atomic E-state index is 12.7. The van der Waals surface area contributed by atoms with Crippen molar-refractivity contribution in [1.82, 2.24) is 10.6 Å². The zero-order valence-corrected chi connectivity index (χ0v) is 20.3. The van der Waals surface area contributed by atoms with Gasteiger partial charge in [-0.3, -0.25) is 4.79 Å². The number of nitrogens with one attached hydrogen (secondary N) is 2. The van der Waals surface area contributed by atoms with Crippen molar-refractivity contribution in [2.75, 3.05) is 6.61 Å². The van der Waals surface area contributed by atoms with Crippen molar-refractivity contribution in [2.45, 2.75) is 64.5 Å². The molecule has 0 aliphatic heterocycles. The molecule has 182 valence electrons. The number of ether oxygens (including phenoxy) is 1. The lowest BCUT2D eigenvalue weighted by Gasteiger charge is -2.28. The molecule has 3 rings (SSSR count). The summed E-state index contributed by atoms with van der Waals surface area (Å²) in [6.07, 6.45) is 0.312.